The topological polar surface area (TPSA) is 139 Å². The number of aliphatic carboxylic acids is 1. The van der Waals surface area contributed by atoms with E-state index < -0.39 is 51.4 Å². The highest BCUT2D eigenvalue weighted by Gasteiger charge is 2.66. The number of fused-ring (bicyclic) bond motifs is 1. The molecular weight excluding hydrogens is 412 g/mol. The highest BCUT2D eigenvalue weighted by atomic mass is 32.2. The fraction of sp³-hybridized carbons (Fsp3) is 0.500. The summed E-state index contributed by atoms with van der Waals surface area (Å²) in [7, 11) is -0.399. The van der Waals surface area contributed by atoms with Crippen LogP contribution in [-0.2, 0) is 39.5 Å². The fourth-order valence-electron chi connectivity index (χ4n) is 2.78. The van der Waals surface area contributed by atoms with Crippen LogP contribution in [0.3, 0.4) is 0 Å². The molecule has 2 aliphatic rings. The smallest absolute Gasteiger partial charge is 0.352 e. The van der Waals surface area contributed by atoms with Gasteiger partial charge in [-0.15, -0.1) is 18.2 Å². The van der Waals surface area contributed by atoms with Crippen LogP contribution in [0.1, 0.15) is 6.92 Å². The zero-order valence-electron chi connectivity index (χ0n) is 15.1. The number of rotatable bonds is 8. The van der Waals surface area contributed by atoms with Crippen molar-refractivity contribution in [1.82, 2.24) is 10.2 Å². The predicted molar refractivity (Wildman–Crippen MR) is 99.0 cm³/mol. The van der Waals surface area contributed by atoms with Gasteiger partial charge in [0, 0.05) is 36.2 Å². The van der Waals surface area contributed by atoms with Crippen LogP contribution in [0, 0.1) is 12.3 Å². The zero-order chi connectivity index (χ0) is 21.1. The number of ether oxygens (including phenoxy) is 2. The van der Waals surface area contributed by atoms with E-state index in [1.165, 1.54) is 14.0 Å². The minimum atomic E-state index is -1.78. The predicted octanol–water partition coefficient (Wildman–Crippen LogP) is -1.36. The van der Waals surface area contributed by atoms with Crippen molar-refractivity contribution < 1.29 is 38.0 Å². The Kier molecular flexibility index (Phi) is 6.87. The van der Waals surface area contributed by atoms with Gasteiger partial charge in [0.05, 0.1) is 5.75 Å². The minimum Gasteiger partial charge on any atom is -0.477 e. The van der Waals surface area contributed by atoms with Crippen LogP contribution in [0.5, 0.6) is 0 Å². The van der Waals surface area contributed by atoms with Crippen molar-refractivity contribution in [3.63, 3.8) is 0 Å². The highest BCUT2D eigenvalue weighted by molar-refractivity contribution is 8.00. The number of hydrogen-bond acceptors (Lipinski definition) is 8. The molecule has 3 atom stereocenters. The number of nitrogens with zero attached hydrogens (tertiary/aromatic N) is 1. The standard InChI is InChI=1S/C16H18N2O8S2/c1-4-5-28(24)8-11(20)17-16(25-3)14(23)18-12(13(21)22)10(6-26-9(2)19)7-27-15(16)18/h1,15H,5-8H2,2-3H3,(H,17,20)(H,21,22)/t15-,16+,28?/m1/s1. The molecule has 1 fully saturated rings. The number of hydrogen-bond donors (Lipinski definition) is 2. The first-order valence-corrected chi connectivity index (χ1v) is 10.4. The first-order valence-electron chi connectivity index (χ1n) is 7.86. The van der Waals surface area contributed by atoms with Crippen molar-refractivity contribution in [2.24, 2.45) is 0 Å². The van der Waals surface area contributed by atoms with Gasteiger partial charge in [-0.1, -0.05) is 5.92 Å². The quantitative estimate of drug-likeness (QED) is 0.207. The number of thioether (sulfide) groups is 1. The molecule has 1 unspecified atom stereocenters. The maximum atomic E-state index is 12.8. The second-order valence-corrected chi connectivity index (χ2v) is 8.32. The van der Waals surface area contributed by atoms with E-state index in [0.717, 1.165) is 16.7 Å². The summed E-state index contributed by atoms with van der Waals surface area (Å²) >= 11 is 1.14. The Balaban J connectivity index is 2.23. The number of methoxy groups -OCH3 is 1. The summed E-state index contributed by atoms with van der Waals surface area (Å²) in [5.41, 5.74) is -1.84. The Hall–Kier alpha value is -2.36. The number of nitrogens with one attached hydrogen (secondary N) is 1. The number of carbonyl (C=O) groups is 4. The van der Waals surface area contributed by atoms with E-state index in [1.807, 2.05) is 0 Å². The second kappa shape index (κ2) is 8.76. The molecule has 0 radical (unpaired) electrons. The Morgan fingerprint density at radius 3 is 2.71 bits per heavy atom. The van der Waals surface area contributed by atoms with Crippen LogP contribution < -0.4 is 5.32 Å². The van der Waals surface area contributed by atoms with E-state index in [1.54, 1.807) is 0 Å². The summed E-state index contributed by atoms with van der Waals surface area (Å²) < 4.78 is 21.7. The van der Waals surface area contributed by atoms with Crippen LogP contribution in [0.15, 0.2) is 11.3 Å². The lowest BCUT2D eigenvalue weighted by Crippen LogP contribution is -2.81. The maximum Gasteiger partial charge on any atom is 0.352 e. The number of carboxylic acid groups (broad SMARTS) is 1. The molecule has 2 heterocycles. The Morgan fingerprint density at radius 2 is 2.18 bits per heavy atom. The average molecular weight is 430 g/mol. The van der Waals surface area contributed by atoms with Gasteiger partial charge in [-0.05, 0) is 0 Å². The first kappa shape index (κ1) is 21.9. The molecule has 0 aromatic carbocycles. The molecule has 152 valence electrons. The Morgan fingerprint density at radius 1 is 1.50 bits per heavy atom. The highest BCUT2D eigenvalue weighted by Crippen LogP contribution is 2.46. The summed E-state index contributed by atoms with van der Waals surface area (Å²) in [5, 5.41) is 11.1. The molecule has 2 N–H and O–H groups in total. The molecule has 0 aromatic heterocycles. The molecule has 28 heavy (non-hydrogen) atoms. The molecule has 1 saturated heterocycles. The van der Waals surface area contributed by atoms with Gasteiger partial charge in [-0.25, -0.2) is 4.79 Å². The van der Waals surface area contributed by atoms with Crippen molar-refractivity contribution >= 4 is 46.3 Å². The lowest BCUT2D eigenvalue weighted by Gasteiger charge is -2.55. The van der Waals surface area contributed by atoms with Gasteiger partial charge in [-0.2, -0.15) is 0 Å². The molecule has 0 bridgehead atoms. The minimum absolute atomic E-state index is 0.114. The summed E-state index contributed by atoms with van der Waals surface area (Å²) in [5.74, 6) is -1.67. The Bertz CT molecular complexity index is 818. The van der Waals surface area contributed by atoms with Crippen LogP contribution in [0.2, 0.25) is 0 Å². The monoisotopic (exact) mass is 430 g/mol. The van der Waals surface area contributed by atoms with Crippen LogP contribution in [-0.4, -0.2) is 80.0 Å². The molecule has 0 aromatic rings. The lowest BCUT2D eigenvalue weighted by atomic mass is 9.98. The van der Waals surface area contributed by atoms with Gasteiger partial charge < -0.3 is 19.9 Å². The summed E-state index contributed by atoms with van der Waals surface area (Å²) in [6, 6.07) is 0. The van der Waals surface area contributed by atoms with E-state index in [-0.39, 0.29) is 29.4 Å². The van der Waals surface area contributed by atoms with Gasteiger partial charge in [0.25, 0.3) is 11.6 Å². The van der Waals surface area contributed by atoms with Gasteiger partial charge in [-0.3, -0.25) is 23.5 Å². The third kappa shape index (κ3) is 4.06. The van der Waals surface area contributed by atoms with E-state index in [4.69, 9.17) is 15.9 Å². The number of esters is 1. The molecule has 10 nitrogen and oxygen atoms in total. The lowest BCUT2D eigenvalue weighted by molar-refractivity contribution is -0.192. The third-order valence-electron chi connectivity index (χ3n) is 3.95. The van der Waals surface area contributed by atoms with Crippen molar-refractivity contribution in [2.75, 3.05) is 31.0 Å². The number of carboxylic acids is 1. The molecule has 0 saturated carbocycles. The van der Waals surface area contributed by atoms with Gasteiger partial charge in [0.15, 0.2) is 0 Å². The third-order valence-corrected chi connectivity index (χ3v) is 6.39. The molecule has 0 spiro atoms. The average Bonchev–Trinajstić information content (AvgIpc) is 2.63. The van der Waals surface area contributed by atoms with Crippen molar-refractivity contribution in [2.45, 2.75) is 18.0 Å². The number of amides is 2. The molecule has 2 aliphatic heterocycles. The van der Waals surface area contributed by atoms with Gasteiger partial charge >= 0.3 is 11.9 Å². The normalized spacial score (nSPS) is 24.5. The SMILES string of the molecule is C#CCS(=O)CC(=O)N[C@]1(OC)C(=O)N2C(C(=O)O)=C(COC(C)=O)CS[C@@H]21. The summed E-state index contributed by atoms with van der Waals surface area (Å²) in [6.07, 6.45) is 5.05. The molecule has 0 aliphatic carbocycles. The van der Waals surface area contributed by atoms with Crippen LogP contribution in [0.4, 0.5) is 0 Å². The van der Waals surface area contributed by atoms with Gasteiger partial charge in [0.1, 0.15) is 23.4 Å². The number of terminal acetylenes is 1. The zero-order valence-corrected chi connectivity index (χ0v) is 16.7. The molecule has 2 rings (SSSR count). The van der Waals surface area contributed by atoms with Crippen molar-refractivity contribution in [1.29, 1.82) is 0 Å². The largest absolute Gasteiger partial charge is 0.477 e. The molecular formula is C16H18N2O8S2. The summed E-state index contributed by atoms with van der Waals surface area (Å²) in [4.78, 5) is 48.6. The molecule has 2 amide bonds. The number of carbonyl (C=O) groups excluding carboxylic acids is 3. The van der Waals surface area contributed by atoms with Crippen molar-refractivity contribution in [3.8, 4) is 12.3 Å². The van der Waals surface area contributed by atoms with Crippen molar-refractivity contribution in [3.05, 3.63) is 11.3 Å². The van der Waals surface area contributed by atoms with Crippen LogP contribution >= 0.6 is 11.8 Å². The second-order valence-electron chi connectivity index (χ2n) is 5.80. The van der Waals surface area contributed by atoms with E-state index in [0.29, 0.717) is 0 Å². The van der Waals surface area contributed by atoms with Crippen LogP contribution in [0.25, 0.3) is 0 Å². The first-order chi connectivity index (χ1) is 13.2. The fourth-order valence-corrected chi connectivity index (χ4v) is 4.85. The van der Waals surface area contributed by atoms with E-state index >= 15 is 0 Å². The Labute approximate surface area is 167 Å². The maximum absolute atomic E-state index is 12.8. The van der Waals surface area contributed by atoms with Gasteiger partial charge in [0.2, 0.25) is 5.91 Å². The van der Waals surface area contributed by atoms with E-state index in [2.05, 4.69) is 11.2 Å². The molecule has 12 heteroatoms. The number of β-lactam (4-membered cyclic amide) rings is 1. The summed E-state index contributed by atoms with van der Waals surface area (Å²) in [6.45, 7) is 0.919. The van der Waals surface area contributed by atoms with E-state index in [9.17, 15) is 28.5 Å².